The number of hydrogen-bond acceptors (Lipinski definition) is 2. The highest BCUT2D eigenvalue weighted by Crippen LogP contribution is 2.43. The maximum atomic E-state index is 11.2. The molecule has 0 bridgehead atoms. The highest BCUT2D eigenvalue weighted by atomic mass is 35.5. The van der Waals surface area contributed by atoms with Crippen molar-refractivity contribution in [3.63, 3.8) is 0 Å². The van der Waals surface area contributed by atoms with E-state index in [1.807, 2.05) is 4.57 Å². The van der Waals surface area contributed by atoms with Crippen molar-refractivity contribution in [3.8, 4) is 0 Å². The second-order valence-electron chi connectivity index (χ2n) is 4.10. The number of nitrogens with zero attached hydrogens (tertiary/aromatic N) is 2. The van der Waals surface area contributed by atoms with Crippen molar-refractivity contribution >= 4 is 17.4 Å². The number of hydrogen-bond donors (Lipinski definition) is 0. The molecular weight excluding hydrogens is 200 g/mol. The first-order chi connectivity index (χ1) is 6.75. The fourth-order valence-electron chi connectivity index (χ4n) is 1.98. The van der Waals surface area contributed by atoms with Crippen LogP contribution in [0.4, 0.5) is 0 Å². The predicted molar refractivity (Wildman–Crippen MR) is 52.5 cm³/mol. The van der Waals surface area contributed by atoms with E-state index in [2.05, 4.69) is 4.98 Å². The number of aromatic nitrogens is 2. The third kappa shape index (κ3) is 1.19. The fourth-order valence-corrected chi connectivity index (χ4v) is 2.36. The van der Waals surface area contributed by atoms with Crippen LogP contribution < -0.4 is 0 Å². The summed E-state index contributed by atoms with van der Waals surface area (Å²) in [6.45, 7) is 0.715. The van der Waals surface area contributed by atoms with Crippen LogP contribution in [-0.4, -0.2) is 15.3 Å². The van der Waals surface area contributed by atoms with Crippen LogP contribution in [0.25, 0.3) is 0 Å². The van der Waals surface area contributed by atoms with Crippen molar-refractivity contribution in [2.75, 3.05) is 0 Å². The van der Waals surface area contributed by atoms with Gasteiger partial charge in [-0.2, -0.15) is 0 Å². The van der Waals surface area contributed by atoms with E-state index in [1.54, 1.807) is 0 Å². The zero-order chi connectivity index (χ0) is 9.71. The van der Waals surface area contributed by atoms with Gasteiger partial charge in [0, 0.05) is 18.9 Å². The Morgan fingerprint density at radius 3 is 2.93 bits per heavy atom. The van der Waals surface area contributed by atoms with E-state index in [4.69, 9.17) is 11.6 Å². The zero-order valence-corrected chi connectivity index (χ0v) is 8.55. The molecule has 3 rings (SSSR count). The summed E-state index contributed by atoms with van der Waals surface area (Å²) in [6.07, 6.45) is 3.47. The number of halogens is 1. The van der Waals surface area contributed by atoms with Gasteiger partial charge >= 0.3 is 0 Å². The minimum Gasteiger partial charge on any atom is -0.318 e. The van der Waals surface area contributed by atoms with Gasteiger partial charge in [-0.3, -0.25) is 4.79 Å². The lowest BCUT2D eigenvalue weighted by Crippen LogP contribution is -2.18. The summed E-state index contributed by atoms with van der Waals surface area (Å²) >= 11 is 6.21. The zero-order valence-electron chi connectivity index (χ0n) is 7.79. The standard InChI is InChI=1S/C10H11ClN2O/c11-10-9(6-1-2-6)12-8-5-7(14)3-4-13(8)10/h6H,1-5H2. The summed E-state index contributed by atoms with van der Waals surface area (Å²) in [5, 5.41) is 0.773. The van der Waals surface area contributed by atoms with Crippen molar-refractivity contribution in [2.24, 2.45) is 0 Å². The highest BCUT2D eigenvalue weighted by molar-refractivity contribution is 6.30. The maximum Gasteiger partial charge on any atom is 0.142 e. The van der Waals surface area contributed by atoms with Crippen LogP contribution >= 0.6 is 11.6 Å². The molecule has 1 aliphatic heterocycles. The Morgan fingerprint density at radius 2 is 2.21 bits per heavy atom. The third-order valence-corrected chi connectivity index (χ3v) is 3.34. The van der Waals surface area contributed by atoms with Crippen LogP contribution in [0, 0.1) is 0 Å². The Hall–Kier alpha value is -0.830. The second-order valence-corrected chi connectivity index (χ2v) is 4.45. The van der Waals surface area contributed by atoms with Crippen LogP contribution in [0.3, 0.4) is 0 Å². The van der Waals surface area contributed by atoms with Gasteiger partial charge in [-0.25, -0.2) is 4.98 Å². The Balaban J connectivity index is 2.05. The van der Waals surface area contributed by atoms with E-state index in [0.29, 0.717) is 25.3 Å². The topological polar surface area (TPSA) is 34.9 Å². The van der Waals surface area contributed by atoms with E-state index in [0.717, 1.165) is 16.7 Å². The second kappa shape index (κ2) is 2.83. The van der Waals surface area contributed by atoms with Gasteiger partial charge in [0.1, 0.15) is 16.8 Å². The molecule has 1 aromatic rings. The molecule has 0 spiro atoms. The van der Waals surface area contributed by atoms with Gasteiger partial charge in [-0.1, -0.05) is 11.6 Å². The molecule has 14 heavy (non-hydrogen) atoms. The molecule has 74 valence electrons. The molecule has 1 fully saturated rings. The Labute approximate surface area is 87.1 Å². The lowest BCUT2D eigenvalue weighted by Gasteiger charge is -2.12. The third-order valence-electron chi connectivity index (χ3n) is 2.94. The lowest BCUT2D eigenvalue weighted by atomic mass is 10.1. The molecule has 3 nitrogen and oxygen atoms in total. The molecule has 2 heterocycles. The summed E-state index contributed by atoms with van der Waals surface area (Å²) in [5.74, 6) is 1.71. The summed E-state index contributed by atoms with van der Waals surface area (Å²) in [4.78, 5) is 15.7. The molecule has 1 aliphatic carbocycles. The van der Waals surface area contributed by atoms with Gasteiger partial charge in [-0.15, -0.1) is 0 Å². The van der Waals surface area contributed by atoms with Gasteiger partial charge in [-0.05, 0) is 12.8 Å². The van der Waals surface area contributed by atoms with Gasteiger partial charge < -0.3 is 4.57 Å². The molecule has 1 saturated carbocycles. The Morgan fingerprint density at radius 1 is 1.43 bits per heavy atom. The largest absolute Gasteiger partial charge is 0.318 e. The Bertz CT molecular complexity index is 406. The fraction of sp³-hybridized carbons (Fsp3) is 0.600. The predicted octanol–water partition coefficient (Wildman–Crippen LogP) is 1.93. The summed E-state index contributed by atoms with van der Waals surface area (Å²) in [6, 6.07) is 0. The normalized spacial score (nSPS) is 21.1. The number of rotatable bonds is 1. The number of Topliss-reactive ketones (excluding diaryl/α,β-unsaturated/α-hetero) is 1. The minimum absolute atomic E-state index is 0.279. The highest BCUT2D eigenvalue weighted by Gasteiger charge is 2.32. The smallest absolute Gasteiger partial charge is 0.142 e. The van der Waals surface area contributed by atoms with Gasteiger partial charge in [0.2, 0.25) is 0 Å². The number of carbonyl (C=O) groups excluding carboxylic acids is 1. The molecule has 0 amide bonds. The van der Waals surface area contributed by atoms with Gasteiger partial charge in [0.15, 0.2) is 0 Å². The molecule has 4 heteroatoms. The average molecular weight is 211 g/mol. The van der Waals surface area contributed by atoms with Crippen LogP contribution in [0.5, 0.6) is 0 Å². The van der Waals surface area contributed by atoms with Crippen molar-refractivity contribution in [1.82, 2.24) is 9.55 Å². The van der Waals surface area contributed by atoms with Crippen LogP contribution in [0.15, 0.2) is 0 Å². The Kier molecular flexibility index (Phi) is 1.71. The first kappa shape index (κ1) is 8.48. The molecule has 0 N–H and O–H groups in total. The quantitative estimate of drug-likeness (QED) is 0.710. The monoisotopic (exact) mass is 210 g/mol. The molecule has 0 saturated heterocycles. The molecule has 1 aromatic heterocycles. The summed E-state index contributed by atoms with van der Waals surface area (Å²) < 4.78 is 2.00. The van der Waals surface area contributed by atoms with Crippen molar-refractivity contribution in [3.05, 3.63) is 16.7 Å². The molecule has 2 aliphatic rings. The van der Waals surface area contributed by atoms with Crippen LogP contribution in [0.1, 0.15) is 36.7 Å². The number of fused-ring (bicyclic) bond motifs is 1. The first-order valence-corrected chi connectivity index (χ1v) is 5.40. The SMILES string of the molecule is O=C1CCn2c(nc(C3CC3)c2Cl)C1. The lowest BCUT2D eigenvalue weighted by molar-refractivity contribution is -0.119. The van der Waals surface area contributed by atoms with Crippen LogP contribution in [0.2, 0.25) is 5.15 Å². The molecule has 0 radical (unpaired) electrons. The van der Waals surface area contributed by atoms with Crippen molar-refractivity contribution < 1.29 is 4.79 Å². The first-order valence-electron chi connectivity index (χ1n) is 5.02. The van der Waals surface area contributed by atoms with Crippen molar-refractivity contribution in [1.29, 1.82) is 0 Å². The van der Waals surface area contributed by atoms with E-state index in [-0.39, 0.29) is 5.78 Å². The number of ketones is 1. The minimum atomic E-state index is 0.279. The molecule has 0 aromatic carbocycles. The van der Waals surface area contributed by atoms with E-state index in [1.165, 1.54) is 12.8 Å². The molecule has 0 unspecified atom stereocenters. The molecule has 0 atom stereocenters. The number of imidazole rings is 1. The summed E-state index contributed by atoms with van der Waals surface area (Å²) in [7, 11) is 0. The van der Waals surface area contributed by atoms with E-state index in [9.17, 15) is 4.79 Å². The van der Waals surface area contributed by atoms with Crippen LogP contribution in [-0.2, 0) is 17.8 Å². The van der Waals surface area contributed by atoms with E-state index < -0.39 is 0 Å². The summed E-state index contributed by atoms with van der Waals surface area (Å²) in [5.41, 5.74) is 1.02. The number of carbonyl (C=O) groups is 1. The van der Waals surface area contributed by atoms with E-state index >= 15 is 0 Å². The average Bonchev–Trinajstić information content (AvgIpc) is 2.93. The van der Waals surface area contributed by atoms with Crippen molar-refractivity contribution in [2.45, 2.75) is 38.1 Å². The van der Waals surface area contributed by atoms with Gasteiger partial charge in [0.05, 0.1) is 12.1 Å². The van der Waals surface area contributed by atoms with Gasteiger partial charge in [0.25, 0.3) is 0 Å². The maximum absolute atomic E-state index is 11.2. The molecular formula is C10H11ClN2O.